The summed E-state index contributed by atoms with van der Waals surface area (Å²) in [5.74, 6) is -0.247. The molecule has 0 aliphatic carbocycles. The lowest BCUT2D eigenvalue weighted by Crippen LogP contribution is -2.30. The van der Waals surface area contributed by atoms with Gasteiger partial charge in [0.1, 0.15) is 11.6 Å². The van der Waals surface area contributed by atoms with Crippen molar-refractivity contribution in [3.05, 3.63) is 53.6 Å². The summed E-state index contributed by atoms with van der Waals surface area (Å²) in [6.07, 6.45) is 0.558. The molecule has 0 unspecified atom stereocenters. The van der Waals surface area contributed by atoms with E-state index in [1.54, 1.807) is 7.11 Å². The van der Waals surface area contributed by atoms with Crippen LogP contribution < -0.4 is 20.1 Å². The predicted molar refractivity (Wildman–Crippen MR) is 91.2 cm³/mol. The van der Waals surface area contributed by atoms with Crippen molar-refractivity contribution in [2.45, 2.75) is 13.3 Å². The predicted octanol–water partition coefficient (Wildman–Crippen LogP) is 3.74. The second-order valence-electron chi connectivity index (χ2n) is 5.17. The second kappa shape index (κ2) is 8.86. The molecule has 0 saturated heterocycles. The number of rotatable bonds is 7. The van der Waals surface area contributed by atoms with Crippen molar-refractivity contribution >= 4 is 11.7 Å². The number of hydrogen-bond donors (Lipinski definition) is 2. The Morgan fingerprint density at radius 2 is 1.92 bits per heavy atom. The van der Waals surface area contributed by atoms with Gasteiger partial charge in [0.15, 0.2) is 11.5 Å². The van der Waals surface area contributed by atoms with Crippen molar-refractivity contribution in [1.29, 1.82) is 0 Å². The monoisotopic (exact) mass is 350 g/mol. The fourth-order valence-electron chi connectivity index (χ4n) is 2.22. The molecule has 0 bridgehead atoms. The Kier molecular flexibility index (Phi) is 6.56. The third-order valence-electron chi connectivity index (χ3n) is 3.41. The highest BCUT2D eigenvalue weighted by atomic mass is 19.1. The van der Waals surface area contributed by atoms with Crippen molar-refractivity contribution < 1.29 is 23.0 Å². The molecule has 25 heavy (non-hydrogen) atoms. The van der Waals surface area contributed by atoms with Crippen LogP contribution in [0.15, 0.2) is 36.4 Å². The molecule has 134 valence electrons. The second-order valence-corrected chi connectivity index (χ2v) is 5.17. The first-order chi connectivity index (χ1) is 12.0. The van der Waals surface area contributed by atoms with Crippen LogP contribution >= 0.6 is 0 Å². The Balaban J connectivity index is 1.86. The van der Waals surface area contributed by atoms with Gasteiger partial charge < -0.3 is 20.1 Å². The van der Waals surface area contributed by atoms with Gasteiger partial charge in [0.2, 0.25) is 0 Å². The van der Waals surface area contributed by atoms with Gasteiger partial charge in [-0.15, -0.1) is 0 Å². The highest BCUT2D eigenvalue weighted by molar-refractivity contribution is 5.89. The van der Waals surface area contributed by atoms with Gasteiger partial charge in [0.05, 0.1) is 19.4 Å². The fourth-order valence-corrected chi connectivity index (χ4v) is 2.22. The van der Waals surface area contributed by atoms with Gasteiger partial charge in [-0.1, -0.05) is 6.07 Å². The topological polar surface area (TPSA) is 59.6 Å². The largest absolute Gasteiger partial charge is 0.493 e. The molecule has 2 amide bonds. The first kappa shape index (κ1) is 18.5. The van der Waals surface area contributed by atoms with E-state index in [-0.39, 0.29) is 5.69 Å². The lowest BCUT2D eigenvalue weighted by molar-refractivity contribution is 0.252. The van der Waals surface area contributed by atoms with Crippen LogP contribution in [0.4, 0.5) is 19.3 Å². The molecular weight excluding hydrogens is 330 g/mol. The van der Waals surface area contributed by atoms with Gasteiger partial charge in [-0.05, 0) is 43.2 Å². The molecule has 7 heteroatoms. The average Bonchev–Trinajstić information content (AvgIpc) is 2.59. The van der Waals surface area contributed by atoms with Gasteiger partial charge in [0, 0.05) is 12.6 Å². The van der Waals surface area contributed by atoms with Crippen LogP contribution in [0.2, 0.25) is 0 Å². The number of benzene rings is 2. The molecule has 5 nitrogen and oxygen atoms in total. The molecule has 0 atom stereocenters. The van der Waals surface area contributed by atoms with E-state index >= 15 is 0 Å². The van der Waals surface area contributed by atoms with Gasteiger partial charge in [0.25, 0.3) is 0 Å². The zero-order chi connectivity index (χ0) is 18.2. The van der Waals surface area contributed by atoms with Crippen molar-refractivity contribution in [3.8, 4) is 11.5 Å². The summed E-state index contributed by atoms with van der Waals surface area (Å²) in [6, 6.07) is 7.92. The van der Waals surface area contributed by atoms with Gasteiger partial charge in [-0.25, -0.2) is 13.6 Å². The number of urea groups is 1. The Labute approximate surface area is 144 Å². The van der Waals surface area contributed by atoms with Crippen LogP contribution in [-0.4, -0.2) is 26.3 Å². The summed E-state index contributed by atoms with van der Waals surface area (Å²) in [6.45, 7) is 2.77. The summed E-state index contributed by atoms with van der Waals surface area (Å²) in [7, 11) is 1.56. The minimum Gasteiger partial charge on any atom is -0.493 e. The third kappa shape index (κ3) is 5.34. The number of nitrogens with one attached hydrogen (secondary N) is 2. The molecule has 2 aromatic carbocycles. The van der Waals surface area contributed by atoms with E-state index < -0.39 is 17.7 Å². The van der Waals surface area contributed by atoms with Gasteiger partial charge >= 0.3 is 6.03 Å². The number of ether oxygens (including phenoxy) is 2. The molecule has 0 aliphatic rings. The van der Waals surface area contributed by atoms with Crippen molar-refractivity contribution in [1.82, 2.24) is 5.32 Å². The normalized spacial score (nSPS) is 10.2. The molecule has 0 heterocycles. The average molecular weight is 350 g/mol. The van der Waals surface area contributed by atoms with E-state index in [0.29, 0.717) is 37.1 Å². The fraction of sp³-hybridized carbons (Fsp3) is 0.278. The number of halogens is 2. The van der Waals surface area contributed by atoms with Gasteiger partial charge in [-0.2, -0.15) is 0 Å². The standard InChI is InChI=1S/C18H20F2N2O3/c1-3-25-16-7-4-12(10-17(16)24-2)8-9-21-18(23)22-15-6-5-13(19)11-14(15)20/h4-7,10-11H,3,8-9H2,1-2H3,(H2,21,22,23). The van der Waals surface area contributed by atoms with E-state index in [1.165, 1.54) is 6.07 Å². The van der Waals surface area contributed by atoms with Crippen LogP contribution in [-0.2, 0) is 6.42 Å². The number of hydrogen-bond acceptors (Lipinski definition) is 3. The Bertz CT molecular complexity index is 738. The van der Waals surface area contributed by atoms with E-state index in [1.807, 2.05) is 25.1 Å². The molecule has 2 N–H and O–H groups in total. The molecule has 0 aliphatic heterocycles. The van der Waals surface area contributed by atoms with E-state index in [4.69, 9.17) is 9.47 Å². The van der Waals surface area contributed by atoms with Crippen molar-refractivity contribution in [2.24, 2.45) is 0 Å². The maximum Gasteiger partial charge on any atom is 0.319 e. The van der Waals surface area contributed by atoms with E-state index in [2.05, 4.69) is 10.6 Å². The molecule has 0 fully saturated rings. The molecule has 0 saturated carbocycles. The van der Waals surface area contributed by atoms with E-state index in [0.717, 1.165) is 11.6 Å². The smallest absolute Gasteiger partial charge is 0.319 e. The molecule has 0 aromatic heterocycles. The zero-order valence-corrected chi connectivity index (χ0v) is 14.1. The van der Waals surface area contributed by atoms with Crippen molar-refractivity contribution in [2.75, 3.05) is 25.6 Å². The first-order valence-corrected chi connectivity index (χ1v) is 7.83. The highest BCUT2D eigenvalue weighted by Gasteiger charge is 2.08. The van der Waals surface area contributed by atoms with Crippen LogP contribution in [0.5, 0.6) is 11.5 Å². The molecular formula is C18H20F2N2O3. The molecule has 0 spiro atoms. The maximum absolute atomic E-state index is 13.5. The third-order valence-corrected chi connectivity index (χ3v) is 3.41. The summed E-state index contributed by atoms with van der Waals surface area (Å²) in [5, 5.41) is 4.95. The van der Waals surface area contributed by atoms with Crippen LogP contribution in [0.25, 0.3) is 0 Å². The number of carbonyl (C=O) groups excluding carboxylic acids is 1. The quantitative estimate of drug-likeness (QED) is 0.800. The van der Waals surface area contributed by atoms with Crippen LogP contribution in [0, 0.1) is 11.6 Å². The van der Waals surface area contributed by atoms with Gasteiger partial charge in [-0.3, -0.25) is 0 Å². The number of methoxy groups -OCH3 is 1. The maximum atomic E-state index is 13.5. The van der Waals surface area contributed by atoms with Crippen LogP contribution in [0.1, 0.15) is 12.5 Å². The Hall–Kier alpha value is -2.83. The summed E-state index contributed by atoms with van der Waals surface area (Å²) in [4.78, 5) is 11.8. The summed E-state index contributed by atoms with van der Waals surface area (Å²) in [5.41, 5.74) is 0.871. The van der Waals surface area contributed by atoms with E-state index in [9.17, 15) is 13.6 Å². The molecule has 0 radical (unpaired) electrons. The first-order valence-electron chi connectivity index (χ1n) is 7.83. The zero-order valence-electron chi connectivity index (χ0n) is 14.1. The Morgan fingerprint density at radius 1 is 1.12 bits per heavy atom. The molecule has 2 rings (SSSR count). The summed E-state index contributed by atoms with van der Waals surface area (Å²) >= 11 is 0. The Morgan fingerprint density at radius 3 is 2.60 bits per heavy atom. The number of carbonyl (C=O) groups is 1. The lowest BCUT2D eigenvalue weighted by atomic mass is 10.1. The minimum atomic E-state index is -0.827. The minimum absolute atomic E-state index is 0.0818. The summed E-state index contributed by atoms with van der Waals surface area (Å²) < 4.78 is 37.0. The SMILES string of the molecule is CCOc1ccc(CCNC(=O)Nc2ccc(F)cc2F)cc1OC. The number of anilines is 1. The highest BCUT2D eigenvalue weighted by Crippen LogP contribution is 2.28. The van der Waals surface area contributed by atoms with Crippen LogP contribution in [0.3, 0.4) is 0 Å². The lowest BCUT2D eigenvalue weighted by Gasteiger charge is -2.12. The molecule has 2 aromatic rings. The number of amides is 2. The van der Waals surface area contributed by atoms with Crippen molar-refractivity contribution in [3.63, 3.8) is 0 Å².